The molecule has 0 unspecified atom stereocenters. The fourth-order valence-electron chi connectivity index (χ4n) is 2.70. The van der Waals surface area contributed by atoms with E-state index in [0.717, 1.165) is 17.0 Å². The van der Waals surface area contributed by atoms with E-state index in [4.69, 9.17) is 25.8 Å². The highest BCUT2D eigenvalue weighted by molar-refractivity contribution is 6.32. The number of halogens is 1. The molecule has 140 valence electrons. The van der Waals surface area contributed by atoms with Crippen LogP contribution in [0.4, 0.5) is 0 Å². The first-order valence-electron chi connectivity index (χ1n) is 8.19. The Bertz CT molecular complexity index is 951. The molecule has 0 fully saturated rings. The van der Waals surface area contributed by atoms with Crippen molar-refractivity contribution in [1.82, 2.24) is 9.78 Å². The molecule has 3 rings (SSSR count). The average molecular weight is 387 g/mol. The predicted molar refractivity (Wildman–Crippen MR) is 102 cm³/mol. The van der Waals surface area contributed by atoms with Gasteiger partial charge in [-0.05, 0) is 35.9 Å². The molecule has 2 aromatic carbocycles. The standard InChI is InChI=1S/C20H19ClN2O4/c1-25-15-6-4-13(5-7-15)10-14-11-18(20(24)27-3)22-23(14)19-9-8-16(26-2)12-17(19)21/h4-9,11-12H,10H2,1-3H3. The molecule has 0 radical (unpaired) electrons. The van der Waals surface area contributed by atoms with Crippen LogP contribution in [0.1, 0.15) is 21.7 Å². The molecule has 0 amide bonds. The van der Waals surface area contributed by atoms with E-state index in [2.05, 4.69) is 5.10 Å². The van der Waals surface area contributed by atoms with Crippen molar-refractivity contribution in [2.75, 3.05) is 21.3 Å². The van der Waals surface area contributed by atoms with Gasteiger partial charge in [-0.1, -0.05) is 23.7 Å². The number of rotatable bonds is 6. The topological polar surface area (TPSA) is 62.6 Å². The fourth-order valence-corrected chi connectivity index (χ4v) is 2.95. The largest absolute Gasteiger partial charge is 0.497 e. The quantitative estimate of drug-likeness (QED) is 0.601. The number of carbonyl (C=O) groups is 1. The van der Waals surface area contributed by atoms with E-state index in [1.165, 1.54) is 7.11 Å². The number of esters is 1. The van der Waals surface area contributed by atoms with Gasteiger partial charge in [0.25, 0.3) is 0 Å². The van der Waals surface area contributed by atoms with Crippen molar-refractivity contribution in [2.45, 2.75) is 6.42 Å². The highest BCUT2D eigenvalue weighted by Gasteiger charge is 2.18. The number of carbonyl (C=O) groups excluding carboxylic acids is 1. The number of hydrogen-bond donors (Lipinski definition) is 0. The summed E-state index contributed by atoms with van der Waals surface area (Å²) >= 11 is 6.41. The van der Waals surface area contributed by atoms with Crippen LogP contribution in [0.25, 0.3) is 5.69 Å². The Morgan fingerprint density at radius 3 is 2.26 bits per heavy atom. The van der Waals surface area contributed by atoms with Gasteiger partial charge in [0.15, 0.2) is 5.69 Å². The number of nitrogens with zero attached hydrogens (tertiary/aromatic N) is 2. The minimum absolute atomic E-state index is 0.216. The third kappa shape index (κ3) is 4.06. The van der Waals surface area contributed by atoms with Crippen molar-refractivity contribution in [3.63, 3.8) is 0 Å². The number of aromatic nitrogens is 2. The van der Waals surface area contributed by atoms with Crippen molar-refractivity contribution >= 4 is 17.6 Å². The summed E-state index contributed by atoms with van der Waals surface area (Å²) in [4.78, 5) is 12.0. The lowest BCUT2D eigenvalue weighted by atomic mass is 10.1. The monoisotopic (exact) mass is 386 g/mol. The van der Waals surface area contributed by atoms with Gasteiger partial charge in [0.05, 0.1) is 32.0 Å². The second kappa shape index (κ2) is 8.14. The second-order valence-corrected chi connectivity index (χ2v) is 6.17. The molecule has 27 heavy (non-hydrogen) atoms. The maximum Gasteiger partial charge on any atom is 0.358 e. The van der Waals surface area contributed by atoms with Crippen LogP contribution in [0.15, 0.2) is 48.5 Å². The van der Waals surface area contributed by atoms with Crippen molar-refractivity contribution in [3.05, 3.63) is 70.5 Å². The van der Waals surface area contributed by atoms with E-state index in [1.54, 1.807) is 43.2 Å². The third-order valence-corrected chi connectivity index (χ3v) is 4.41. The van der Waals surface area contributed by atoms with Crippen LogP contribution in [0.2, 0.25) is 5.02 Å². The second-order valence-electron chi connectivity index (χ2n) is 5.77. The zero-order valence-electron chi connectivity index (χ0n) is 15.2. The molecule has 0 atom stereocenters. The van der Waals surface area contributed by atoms with Crippen LogP contribution >= 0.6 is 11.6 Å². The smallest absolute Gasteiger partial charge is 0.358 e. The molecule has 1 heterocycles. The molecule has 3 aromatic rings. The average Bonchev–Trinajstić information content (AvgIpc) is 3.11. The Morgan fingerprint density at radius 1 is 1.00 bits per heavy atom. The lowest BCUT2D eigenvalue weighted by Gasteiger charge is -2.11. The minimum atomic E-state index is -0.505. The van der Waals surface area contributed by atoms with Crippen LogP contribution in [0.3, 0.4) is 0 Å². The molecule has 0 saturated heterocycles. The van der Waals surface area contributed by atoms with Crippen LogP contribution in [0.5, 0.6) is 11.5 Å². The van der Waals surface area contributed by atoms with Gasteiger partial charge < -0.3 is 14.2 Å². The van der Waals surface area contributed by atoms with E-state index in [1.807, 2.05) is 24.3 Å². The molecule has 1 aromatic heterocycles. The van der Waals surface area contributed by atoms with Crippen LogP contribution < -0.4 is 9.47 Å². The Hall–Kier alpha value is -2.99. The summed E-state index contributed by atoms with van der Waals surface area (Å²) in [7, 11) is 4.52. The fraction of sp³-hybridized carbons (Fsp3) is 0.200. The minimum Gasteiger partial charge on any atom is -0.497 e. The Balaban J connectivity index is 2.03. The summed E-state index contributed by atoms with van der Waals surface area (Å²) in [6.45, 7) is 0. The number of ether oxygens (including phenoxy) is 3. The number of benzene rings is 2. The highest BCUT2D eigenvalue weighted by Crippen LogP contribution is 2.27. The zero-order valence-corrected chi connectivity index (χ0v) is 16.0. The molecule has 0 bridgehead atoms. The summed E-state index contributed by atoms with van der Waals surface area (Å²) in [5.74, 6) is 0.913. The zero-order chi connectivity index (χ0) is 19.4. The van der Waals surface area contributed by atoms with E-state index in [0.29, 0.717) is 22.9 Å². The lowest BCUT2D eigenvalue weighted by Crippen LogP contribution is -2.06. The molecule has 0 N–H and O–H groups in total. The van der Waals surface area contributed by atoms with E-state index in [-0.39, 0.29) is 5.69 Å². The molecule has 0 aliphatic rings. The SMILES string of the molecule is COC(=O)c1cc(Cc2ccc(OC)cc2)n(-c2ccc(OC)cc2Cl)n1. The summed E-state index contributed by atoms with van der Waals surface area (Å²) in [6, 6.07) is 14.7. The van der Waals surface area contributed by atoms with Gasteiger partial charge in [0.2, 0.25) is 0 Å². The first kappa shape index (κ1) is 18.8. The van der Waals surface area contributed by atoms with E-state index >= 15 is 0 Å². The van der Waals surface area contributed by atoms with Gasteiger partial charge in [-0.2, -0.15) is 5.10 Å². The Kier molecular flexibility index (Phi) is 5.66. The first-order valence-corrected chi connectivity index (χ1v) is 8.57. The van der Waals surface area contributed by atoms with E-state index in [9.17, 15) is 4.79 Å². The van der Waals surface area contributed by atoms with Crippen LogP contribution in [-0.2, 0) is 11.2 Å². The maximum atomic E-state index is 12.0. The van der Waals surface area contributed by atoms with Gasteiger partial charge in [-0.25, -0.2) is 9.48 Å². The predicted octanol–water partition coefficient (Wildman–Crippen LogP) is 3.92. The van der Waals surface area contributed by atoms with Crippen molar-refractivity contribution in [3.8, 4) is 17.2 Å². The highest BCUT2D eigenvalue weighted by atomic mass is 35.5. The Morgan fingerprint density at radius 2 is 1.67 bits per heavy atom. The summed E-state index contributed by atoms with van der Waals surface area (Å²) < 4.78 is 16.8. The molecule has 0 spiro atoms. The van der Waals surface area contributed by atoms with E-state index < -0.39 is 5.97 Å². The molecule has 0 aliphatic carbocycles. The summed E-state index contributed by atoms with van der Waals surface area (Å²) in [5, 5.41) is 4.85. The molecule has 6 nitrogen and oxygen atoms in total. The molecule has 0 saturated carbocycles. The summed E-state index contributed by atoms with van der Waals surface area (Å²) in [6.07, 6.45) is 0.552. The molecular formula is C20H19ClN2O4. The van der Waals surface area contributed by atoms with Gasteiger partial charge >= 0.3 is 5.97 Å². The van der Waals surface area contributed by atoms with Gasteiger partial charge in [0.1, 0.15) is 11.5 Å². The first-order chi connectivity index (χ1) is 13.0. The van der Waals surface area contributed by atoms with Crippen molar-refractivity contribution in [1.29, 1.82) is 0 Å². The number of hydrogen-bond acceptors (Lipinski definition) is 5. The summed E-state index contributed by atoms with van der Waals surface area (Å²) in [5.41, 5.74) is 2.70. The maximum absolute atomic E-state index is 12.0. The van der Waals surface area contributed by atoms with Gasteiger partial charge in [-0.3, -0.25) is 0 Å². The normalized spacial score (nSPS) is 10.5. The van der Waals surface area contributed by atoms with Gasteiger partial charge in [0, 0.05) is 18.2 Å². The van der Waals surface area contributed by atoms with Crippen molar-refractivity contribution in [2.24, 2.45) is 0 Å². The molecular weight excluding hydrogens is 368 g/mol. The lowest BCUT2D eigenvalue weighted by molar-refractivity contribution is 0.0593. The van der Waals surface area contributed by atoms with Crippen LogP contribution in [0, 0.1) is 0 Å². The third-order valence-electron chi connectivity index (χ3n) is 4.10. The van der Waals surface area contributed by atoms with Crippen LogP contribution in [-0.4, -0.2) is 37.1 Å². The van der Waals surface area contributed by atoms with Crippen molar-refractivity contribution < 1.29 is 19.0 Å². The van der Waals surface area contributed by atoms with Gasteiger partial charge in [-0.15, -0.1) is 0 Å². The Labute approximate surface area is 162 Å². The molecule has 0 aliphatic heterocycles. The molecule has 7 heteroatoms. The number of methoxy groups -OCH3 is 3.